The zero-order valence-corrected chi connectivity index (χ0v) is 18.1. The molecule has 31 heavy (non-hydrogen) atoms. The van der Waals surface area contributed by atoms with Crippen molar-refractivity contribution in [2.75, 3.05) is 0 Å². The summed E-state index contributed by atoms with van der Waals surface area (Å²) in [6.45, 7) is 2.24. The van der Waals surface area contributed by atoms with Gasteiger partial charge in [0.15, 0.2) is 5.13 Å². The largest absolute Gasteiger partial charge is 0.347 e. The molecule has 0 radical (unpaired) electrons. The fourth-order valence-electron chi connectivity index (χ4n) is 3.32. The first kappa shape index (κ1) is 20.8. The Morgan fingerprint density at radius 3 is 2.26 bits per heavy atom. The van der Waals surface area contributed by atoms with Crippen molar-refractivity contribution in [1.29, 1.82) is 0 Å². The van der Waals surface area contributed by atoms with Gasteiger partial charge in [0.25, 0.3) is 11.5 Å². The summed E-state index contributed by atoms with van der Waals surface area (Å²) in [7, 11) is 0. The third kappa shape index (κ3) is 5.16. The molecule has 2 aromatic heterocycles. The molecule has 4 rings (SSSR count). The average Bonchev–Trinajstić information content (AvgIpc) is 3.19. The Hall–Kier alpha value is -3.51. The fraction of sp³-hybridized carbons (Fsp3) is 0.160. The van der Waals surface area contributed by atoms with Crippen molar-refractivity contribution in [2.24, 2.45) is 0 Å². The van der Waals surface area contributed by atoms with Gasteiger partial charge in [-0.2, -0.15) is 0 Å². The van der Waals surface area contributed by atoms with E-state index in [1.165, 1.54) is 21.5 Å². The van der Waals surface area contributed by atoms with E-state index in [0.717, 1.165) is 24.0 Å². The zero-order chi connectivity index (χ0) is 21.6. The summed E-state index contributed by atoms with van der Waals surface area (Å²) >= 11 is 1.23. The second-order valence-electron chi connectivity index (χ2n) is 7.31. The van der Waals surface area contributed by atoms with Crippen LogP contribution in [-0.2, 0) is 19.4 Å². The Morgan fingerprint density at radius 1 is 0.903 bits per heavy atom. The lowest BCUT2D eigenvalue weighted by Crippen LogP contribution is -2.22. The molecule has 0 aliphatic rings. The van der Waals surface area contributed by atoms with Crippen LogP contribution in [0.1, 0.15) is 32.1 Å². The molecule has 1 N–H and O–H groups in total. The third-order valence-electron chi connectivity index (χ3n) is 5.01. The number of hydrogen-bond donors (Lipinski definition) is 1. The number of aromatic nitrogens is 2. The molecule has 5 nitrogen and oxygen atoms in total. The van der Waals surface area contributed by atoms with Crippen molar-refractivity contribution in [2.45, 2.75) is 26.3 Å². The van der Waals surface area contributed by atoms with Crippen molar-refractivity contribution in [1.82, 2.24) is 14.9 Å². The molecular formula is C25H23N3O2S. The van der Waals surface area contributed by atoms with Gasteiger partial charge in [0, 0.05) is 18.8 Å². The highest BCUT2D eigenvalue weighted by Gasteiger charge is 2.17. The van der Waals surface area contributed by atoms with Gasteiger partial charge >= 0.3 is 0 Å². The van der Waals surface area contributed by atoms with Crippen LogP contribution in [0, 0.1) is 6.92 Å². The SMILES string of the molecule is Cc1nc(-n2cc(CCc3ccccc3)ccc2=O)sc1C(=O)NCc1ccccc1. The van der Waals surface area contributed by atoms with E-state index in [9.17, 15) is 9.59 Å². The maximum absolute atomic E-state index is 12.7. The first-order valence-corrected chi connectivity index (χ1v) is 11.0. The van der Waals surface area contributed by atoms with Gasteiger partial charge < -0.3 is 5.32 Å². The summed E-state index contributed by atoms with van der Waals surface area (Å²) < 4.78 is 1.53. The zero-order valence-electron chi connectivity index (χ0n) is 17.2. The van der Waals surface area contributed by atoms with Crippen LogP contribution in [0.5, 0.6) is 0 Å². The minimum absolute atomic E-state index is 0.159. The van der Waals surface area contributed by atoms with Crippen LogP contribution >= 0.6 is 11.3 Å². The van der Waals surface area contributed by atoms with Crippen LogP contribution in [0.4, 0.5) is 0 Å². The highest BCUT2D eigenvalue weighted by atomic mass is 32.1. The van der Waals surface area contributed by atoms with Crippen molar-refractivity contribution in [3.63, 3.8) is 0 Å². The molecule has 0 unspecified atom stereocenters. The van der Waals surface area contributed by atoms with Gasteiger partial charge in [0.2, 0.25) is 0 Å². The summed E-state index contributed by atoms with van der Waals surface area (Å²) in [6, 6.07) is 23.4. The lowest BCUT2D eigenvalue weighted by Gasteiger charge is -2.06. The van der Waals surface area contributed by atoms with Gasteiger partial charge in [-0.15, -0.1) is 0 Å². The van der Waals surface area contributed by atoms with E-state index in [0.29, 0.717) is 22.2 Å². The molecule has 2 heterocycles. The summed E-state index contributed by atoms with van der Waals surface area (Å²) in [5.41, 5.74) is 3.79. The molecule has 6 heteroatoms. The number of nitrogens with one attached hydrogen (secondary N) is 1. The van der Waals surface area contributed by atoms with Crippen LogP contribution in [0.2, 0.25) is 0 Å². The van der Waals surface area contributed by atoms with Gasteiger partial charge in [-0.25, -0.2) is 4.98 Å². The number of pyridine rings is 1. The molecule has 0 atom stereocenters. The Kier molecular flexibility index (Phi) is 6.38. The van der Waals surface area contributed by atoms with Gasteiger partial charge in [-0.3, -0.25) is 14.2 Å². The average molecular weight is 430 g/mol. The first-order chi connectivity index (χ1) is 15.1. The molecule has 0 saturated heterocycles. The number of hydrogen-bond acceptors (Lipinski definition) is 4. The number of amides is 1. The molecular weight excluding hydrogens is 406 g/mol. The molecule has 0 aliphatic heterocycles. The van der Waals surface area contributed by atoms with E-state index in [4.69, 9.17) is 0 Å². The van der Waals surface area contributed by atoms with Gasteiger partial charge in [-0.05, 0) is 36.5 Å². The molecule has 0 saturated carbocycles. The van der Waals surface area contributed by atoms with E-state index in [1.54, 1.807) is 13.0 Å². The second kappa shape index (κ2) is 9.53. The number of carbonyl (C=O) groups is 1. The molecule has 156 valence electrons. The number of nitrogens with zero attached hydrogens (tertiary/aromatic N) is 2. The Morgan fingerprint density at radius 2 is 1.55 bits per heavy atom. The molecule has 0 bridgehead atoms. The number of carbonyl (C=O) groups excluding carboxylic acids is 1. The maximum atomic E-state index is 12.7. The minimum Gasteiger partial charge on any atom is -0.347 e. The van der Waals surface area contributed by atoms with E-state index in [2.05, 4.69) is 22.4 Å². The summed E-state index contributed by atoms with van der Waals surface area (Å²) in [4.78, 5) is 30.2. The highest BCUT2D eigenvalue weighted by Crippen LogP contribution is 2.21. The van der Waals surface area contributed by atoms with Crippen molar-refractivity contribution >= 4 is 17.2 Å². The maximum Gasteiger partial charge on any atom is 0.263 e. The van der Waals surface area contributed by atoms with Gasteiger partial charge in [0.1, 0.15) is 4.88 Å². The quantitative estimate of drug-likeness (QED) is 0.476. The number of aryl methyl sites for hydroxylation is 3. The van der Waals surface area contributed by atoms with Crippen molar-refractivity contribution < 1.29 is 4.79 Å². The predicted molar refractivity (Wildman–Crippen MR) is 124 cm³/mol. The van der Waals surface area contributed by atoms with Gasteiger partial charge in [-0.1, -0.05) is 78.1 Å². The van der Waals surface area contributed by atoms with Crippen LogP contribution < -0.4 is 10.9 Å². The lowest BCUT2D eigenvalue weighted by molar-refractivity contribution is 0.0954. The first-order valence-electron chi connectivity index (χ1n) is 10.2. The number of benzene rings is 2. The van der Waals surface area contributed by atoms with Crippen LogP contribution in [0.3, 0.4) is 0 Å². The predicted octanol–water partition coefficient (Wildman–Crippen LogP) is 4.32. The number of thiazole rings is 1. The molecule has 0 spiro atoms. The fourth-order valence-corrected chi connectivity index (χ4v) is 4.28. The highest BCUT2D eigenvalue weighted by molar-refractivity contribution is 7.16. The van der Waals surface area contributed by atoms with Gasteiger partial charge in [0.05, 0.1) is 5.69 Å². The summed E-state index contributed by atoms with van der Waals surface area (Å²) in [6.07, 6.45) is 3.54. The van der Waals surface area contributed by atoms with E-state index in [-0.39, 0.29) is 11.5 Å². The minimum atomic E-state index is -0.182. The monoisotopic (exact) mass is 429 g/mol. The topological polar surface area (TPSA) is 64.0 Å². The van der Waals surface area contributed by atoms with Crippen molar-refractivity contribution in [3.05, 3.63) is 117 Å². The Labute approximate surface area is 185 Å². The van der Waals surface area contributed by atoms with Crippen LogP contribution in [0.25, 0.3) is 5.13 Å². The lowest BCUT2D eigenvalue weighted by atomic mass is 10.1. The molecule has 0 aliphatic carbocycles. The van der Waals surface area contributed by atoms with Crippen LogP contribution in [-0.4, -0.2) is 15.5 Å². The third-order valence-corrected chi connectivity index (χ3v) is 6.17. The standard InChI is InChI=1S/C25H23N3O2S/c1-18-23(24(30)26-16-20-10-6-3-7-11-20)31-25(27-18)28-17-21(14-15-22(28)29)13-12-19-8-4-2-5-9-19/h2-11,14-15,17H,12-13,16H2,1H3,(H,26,30). The second-order valence-corrected chi connectivity index (χ2v) is 8.29. The molecule has 4 aromatic rings. The summed E-state index contributed by atoms with van der Waals surface area (Å²) in [5, 5.41) is 3.44. The van der Waals surface area contributed by atoms with Crippen LogP contribution in [0.15, 0.2) is 83.8 Å². The Balaban J connectivity index is 1.50. The normalized spacial score (nSPS) is 10.7. The van der Waals surface area contributed by atoms with E-state index in [1.807, 2.05) is 60.8 Å². The molecule has 2 aromatic carbocycles. The van der Waals surface area contributed by atoms with Crippen molar-refractivity contribution in [3.8, 4) is 5.13 Å². The molecule has 1 amide bonds. The molecule has 0 fully saturated rings. The number of rotatable bonds is 7. The smallest absolute Gasteiger partial charge is 0.263 e. The Bertz CT molecular complexity index is 1230. The van der Waals surface area contributed by atoms with E-state index >= 15 is 0 Å². The van der Waals surface area contributed by atoms with E-state index < -0.39 is 0 Å². The summed E-state index contributed by atoms with van der Waals surface area (Å²) in [5.74, 6) is -0.182.